The number of halogens is 2. The molecule has 0 saturated carbocycles. The number of carbonyl (C=O) groups is 1. The van der Waals surface area contributed by atoms with E-state index in [1.165, 1.54) is 5.56 Å². The van der Waals surface area contributed by atoms with Crippen LogP contribution in [0.15, 0.2) is 66.9 Å². The molecule has 0 aliphatic carbocycles. The molecule has 0 spiro atoms. The molecule has 0 unspecified atom stereocenters. The van der Waals surface area contributed by atoms with E-state index >= 15 is 0 Å². The van der Waals surface area contributed by atoms with E-state index in [2.05, 4.69) is 27.8 Å². The Bertz CT molecular complexity index is 901. The summed E-state index contributed by atoms with van der Waals surface area (Å²) in [4.78, 5) is 16.5. The second-order valence-electron chi connectivity index (χ2n) is 5.67. The van der Waals surface area contributed by atoms with Crippen molar-refractivity contribution >= 4 is 40.5 Å². The van der Waals surface area contributed by atoms with E-state index in [4.69, 9.17) is 23.2 Å². The first-order valence-corrected chi connectivity index (χ1v) is 8.88. The predicted octanol–water partition coefficient (Wildman–Crippen LogP) is 5.30. The second kappa shape index (κ2) is 8.70. The summed E-state index contributed by atoms with van der Waals surface area (Å²) in [5, 5.41) is 6.95. The molecule has 132 valence electrons. The fourth-order valence-corrected chi connectivity index (χ4v) is 2.78. The SMILES string of the molecule is O=C(Nc1cc(Cl)ccc1Cl)c1cc(NCCc2ccccc2)ccn1. The van der Waals surface area contributed by atoms with Gasteiger partial charge in [0.05, 0.1) is 10.7 Å². The zero-order chi connectivity index (χ0) is 18.4. The fourth-order valence-electron chi connectivity index (χ4n) is 2.44. The first-order valence-electron chi connectivity index (χ1n) is 8.12. The lowest BCUT2D eigenvalue weighted by molar-refractivity contribution is 0.102. The third-order valence-corrected chi connectivity index (χ3v) is 4.32. The second-order valence-corrected chi connectivity index (χ2v) is 6.51. The van der Waals surface area contributed by atoms with Crippen LogP contribution in [-0.4, -0.2) is 17.4 Å². The number of anilines is 2. The van der Waals surface area contributed by atoms with Crippen LogP contribution in [0.5, 0.6) is 0 Å². The Balaban J connectivity index is 1.62. The Morgan fingerprint density at radius 1 is 1.00 bits per heavy atom. The fraction of sp³-hybridized carbons (Fsp3) is 0.100. The topological polar surface area (TPSA) is 54.0 Å². The van der Waals surface area contributed by atoms with Crippen LogP contribution in [0, 0.1) is 0 Å². The standard InChI is InChI=1S/C20H17Cl2N3O/c21-15-6-7-17(22)18(12-15)25-20(26)19-13-16(9-11-24-19)23-10-8-14-4-2-1-3-5-14/h1-7,9,11-13H,8,10H2,(H,23,24)(H,25,26). The van der Waals surface area contributed by atoms with Gasteiger partial charge in [-0.25, -0.2) is 0 Å². The highest BCUT2D eigenvalue weighted by Gasteiger charge is 2.11. The number of nitrogens with one attached hydrogen (secondary N) is 2. The highest BCUT2D eigenvalue weighted by atomic mass is 35.5. The van der Waals surface area contributed by atoms with Crippen molar-refractivity contribution in [2.75, 3.05) is 17.2 Å². The quantitative estimate of drug-likeness (QED) is 0.605. The first-order chi connectivity index (χ1) is 12.6. The van der Waals surface area contributed by atoms with Crippen molar-refractivity contribution in [2.45, 2.75) is 6.42 Å². The minimum atomic E-state index is -0.346. The smallest absolute Gasteiger partial charge is 0.274 e. The molecule has 0 bridgehead atoms. The molecule has 6 heteroatoms. The van der Waals surface area contributed by atoms with Gasteiger partial charge in [-0.3, -0.25) is 9.78 Å². The molecule has 0 saturated heterocycles. The molecule has 0 aliphatic rings. The lowest BCUT2D eigenvalue weighted by Gasteiger charge is -2.10. The van der Waals surface area contributed by atoms with Gasteiger partial charge in [0.15, 0.2) is 0 Å². The first kappa shape index (κ1) is 18.2. The maximum absolute atomic E-state index is 12.4. The van der Waals surface area contributed by atoms with Gasteiger partial charge in [0, 0.05) is 23.5 Å². The summed E-state index contributed by atoms with van der Waals surface area (Å²) in [5.41, 5.74) is 2.83. The molecule has 1 amide bonds. The van der Waals surface area contributed by atoms with Gasteiger partial charge in [-0.2, -0.15) is 0 Å². The summed E-state index contributed by atoms with van der Waals surface area (Å²) < 4.78 is 0. The van der Waals surface area contributed by atoms with Crippen molar-refractivity contribution < 1.29 is 4.79 Å². The molecule has 0 aliphatic heterocycles. The maximum atomic E-state index is 12.4. The number of amides is 1. The van der Waals surface area contributed by atoms with Crippen LogP contribution in [0.1, 0.15) is 16.1 Å². The van der Waals surface area contributed by atoms with Crippen LogP contribution in [0.4, 0.5) is 11.4 Å². The monoisotopic (exact) mass is 385 g/mol. The number of hydrogen-bond donors (Lipinski definition) is 2. The normalized spacial score (nSPS) is 10.4. The highest BCUT2D eigenvalue weighted by molar-refractivity contribution is 6.35. The van der Waals surface area contributed by atoms with Gasteiger partial charge < -0.3 is 10.6 Å². The number of hydrogen-bond acceptors (Lipinski definition) is 3. The van der Waals surface area contributed by atoms with E-state index in [1.807, 2.05) is 24.3 Å². The number of nitrogens with zero attached hydrogens (tertiary/aromatic N) is 1. The molecule has 3 rings (SSSR count). The molecule has 26 heavy (non-hydrogen) atoms. The van der Waals surface area contributed by atoms with E-state index < -0.39 is 0 Å². The lowest BCUT2D eigenvalue weighted by Crippen LogP contribution is -2.14. The molecule has 0 fully saturated rings. The van der Waals surface area contributed by atoms with E-state index in [1.54, 1.807) is 30.5 Å². The van der Waals surface area contributed by atoms with Crippen molar-refractivity contribution in [3.05, 3.63) is 88.2 Å². The molecule has 4 nitrogen and oxygen atoms in total. The number of benzene rings is 2. The Hall–Kier alpha value is -2.56. The lowest BCUT2D eigenvalue weighted by atomic mass is 10.1. The molecular weight excluding hydrogens is 369 g/mol. The molecule has 2 N–H and O–H groups in total. The van der Waals surface area contributed by atoms with Gasteiger partial charge >= 0.3 is 0 Å². The Kier molecular flexibility index (Phi) is 6.10. The third kappa shape index (κ3) is 4.97. The van der Waals surface area contributed by atoms with E-state index in [-0.39, 0.29) is 5.91 Å². The summed E-state index contributed by atoms with van der Waals surface area (Å²) >= 11 is 12.0. The minimum absolute atomic E-state index is 0.297. The average Bonchev–Trinajstić information content (AvgIpc) is 2.66. The molecule has 1 aromatic heterocycles. The zero-order valence-corrected chi connectivity index (χ0v) is 15.4. The van der Waals surface area contributed by atoms with Crippen LogP contribution < -0.4 is 10.6 Å². The van der Waals surface area contributed by atoms with Crippen LogP contribution in [0.25, 0.3) is 0 Å². The van der Waals surface area contributed by atoms with Crippen molar-refractivity contribution in [1.29, 1.82) is 0 Å². The molecular formula is C20H17Cl2N3O. The van der Waals surface area contributed by atoms with Crippen LogP contribution in [0.2, 0.25) is 10.0 Å². The molecule has 0 atom stereocenters. The van der Waals surface area contributed by atoms with E-state index in [0.29, 0.717) is 21.4 Å². The number of pyridine rings is 1. The van der Waals surface area contributed by atoms with Crippen molar-refractivity contribution in [1.82, 2.24) is 4.98 Å². The average molecular weight is 386 g/mol. The van der Waals surface area contributed by atoms with Gasteiger partial charge in [0.1, 0.15) is 5.69 Å². The van der Waals surface area contributed by atoms with Crippen molar-refractivity contribution in [3.63, 3.8) is 0 Å². The summed E-state index contributed by atoms with van der Waals surface area (Å²) in [6.07, 6.45) is 2.49. The summed E-state index contributed by atoms with van der Waals surface area (Å²) in [6.45, 7) is 0.759. The highest BCUT2D eigenvalue weighted by Crippen LogP contribution is 2.25. The number of aromatic nitrogens is 1. The van der Waals surface area contributed by atoms with Crippen molar-refractivity contribution in [2.24, 2.45) is 0 Å². The van der Waals surface area contributed by atoms with Gasteiger partial charge in [-0.1, -0.05) is 53.5 Å². The Morgan fingerprint density at radius 2 is 1.81 bits per heavy atom. The summed E-state index contributed by atoms with van der Waals surface area (Å²) in [6, 6.07) is 18.6. The molecule has 0 radical (unpaired) electrons. The Morgan fingerprint density at radius 3 is 2.62 bits per heavy atom. The van der Waals surface area contributed by atoms with Crippen LogP contribution in [-0.2, 0) is 6.42 Å². The van der Waals surface area contributed by atoms with Gasteiger partial charge in [0.2, 0.25) is 0 Å². The number of carbonyl (C=O) groups excluding carboxylic acids is 1. The summed E-state index contributed by atoms with van der Waals surface area (Å²) in [5.74, 6) is -0.346. The van der Waals surface area contributed by atoms with Crippen molar-refractivity contribution in [3.8, 4) is 0 Å². The molecule has 1 heterocycles. The molecule has 3 aromatic rings. The third-order valence-electron chi connectivity index (χ3n) is 3.75. The predicted molar refractivity (Wildman–Crippen MR) is 107 cm³/mol. The number of rotatable bonds is 6. The van der Waals surface area contributed by atoms with Gasteiger partial charge in [0.25, 0.3) is 5.91 Å². The van der Waals surface area contributed by atoms with Gasteiger partial charge in [-0.15, -0.1) is 0 Å². The maximum Gasteiger partial charge on any atom is 0.274 e. The zero-order valence-electron chi connectivity index (χ0n) is 13.9. The largest absolute Gasteiger partial charge is 0.385 e. The van der Waals surface area contributed by atoms with E-state index in [0.717, 1.165) is 18.7 Å². The molecule has 2 aromatic carbocycles. The van der Waals surface area contributed by atoms with Gasteiger partial charge in [-0.05, 0) is 42.3 Å². The van der Waals surface area contributed by atoms with E-state index in [9.17, 15) is 4.79 Å². The minimum Gasteiger partial charge on any atom is -0.385 e. The summed E-state index contributed by atoms with van der Waals surface area (Å²) in [7, 11) is 0. The Labute approximate surface area is 162 Å². The van der Waals surface area contributed by atoms with Crippen LogP contribution in [0.3, 0.4) is 0 Å². The van der Waals surface area contributed by atoms with Crippen LogP contribution >= 0.6 is 23.2 Å².